The highest BCUT2D eigenvalue weighted by Crippen LogP contribution is 2.71. The van der Waals surface area contributed by atoms with Crippen molar-refractivity contribution >= 4 is 17.9 Å². The van der Waals surface area contributed by atoms with Crippen LogP contribution in [0.25, 0.3) is 0 Å². The van der Waals surface area contributed by atoms with Gasteiger partial charge in [0, 0.05) is 11.8 Å². The third kappa shape index (κ3) is 5.07. The van der Waals surface area contributed by atoms with Gasteiger partial charge in [-0.25, -0.2) is 0 Å². The maximum absolute atomic E-state index is 12.7. The lowest BCUT2D eigenvalue weighted by Crippen LogP contribution is -2.49. The third-order valence-electron chi connectivity index (χ3n) is 14.1. The van der Waals surface area contributed by atoms with Crippen LogP contribution in [0.1, 0.15) is 133 Å². The summed E-state index contributed by atoms with van der Waals surface area (Å²) in [6.07, 6.45) is 13.1. The van der Waals surface area contributed by atoms with Crippen LogP contribution >= 0.6 is 0 Å². The summed E-state index contributed by atoms with van der Waals surface area (Å²) in [5, 5.41) is 0. The topological polar surface area (TPSA) is 78.9 Å². The van der Waals surface area contributed by atoms with Gasteiger partial charge in [0.05, 0.1) is 22.9 Å². The van der Waals surface area contributed by atoms with E-state index < -0.39 is 5.41 Å². The fourth-order valence-corrected chi connectivity index (χ4v) is 10.9. The van der Waals surface area contributed by atoms with Crippen LogP contribution in [0.2, 0.25) is 0 Å². The molecular formula is C37H60O6. The minimum absolute atomic E-state index is 0. The van der Waals surface area contributed by atoms with Gasteiger partial charge in [0.2, 0.25) is 0 Å². The van der Waals surface area contributed by atoms with Crippen molar-refractivity contribution in [1.82, 2.24) is 0 Å². The Morgan fingerprint density at radius 3 is 2.07 bits per heavy atom. The Kier molecular flexibility index (Phi) is 8.64. The fraction of sp³-hybridized carbons (Fsp3) is 0.919. The Balaban J connectivity index is 0.000000168. The van der Waals surface area contributed by atoms with E-state index >= 15 is 0 Å². The van der Waals surface area contributed by atoms with Crippen LogP contribution in [0.15, 0.2) is 0 Å². The number of rotatable bonds is 7. The molecule has 1 heterocycles. The minimum atomic E-state index is -0.439. The van der Waals surface area contributed by atoms with Crippen LogP contribution in [-0.2, 0) is 28.6 Å². The van der Waals surface area contributed by atoms with E-state index in [-0.39, 0.29) is 53.8 Å². The molecule has 0 amide bonds. The molecule has 6 aliphatic carbocycles. The summed E-state index contributed by atoms with van der Waals surface area (Å²) in [7, 11) is 0. The van der Waals surface area contributed by atoms with Crippen molar-refractivity contribution in [3.05, 3.63) is 0 Å². The highest BCUT2D eigenvalue weighted by atomic mass is 16.6. The molecule has 0 aromatic carbocycles. The number of esters is 3. The van der Waals surface area contributed by atoms with E-state index in [1.165, 1.54) is 25.7 Å². The smallest absolute Gasteiger partial charge is 0.312 e. The molecule has 7 rings (SSSR count). The number of carbonyl (C=O) groups excluding carboxylic acids is 3. The predicted molar refractivity (Wildman–Crippen MR) is 167 cm³/mol. The molecule has 0 aromatic heterocycles. The van der Waals surface area contributed by atoms with Crippen molar-refractivity contribution in [3.8, 4) is 0 Å². The molecule has 7 aliphatic rings. The first-order valence-corrected chi connectivity index (χ1v) is 17.4. The summed E-state index contributed by atoms with van der Waals surface area (Å²) >= 11 is 0. The van der Waals surface area contributed by atoms with E-state index in [2.05, 4.69) is 13.8 Å². The third-order valence-corrected chi connectivity index (χ3v) is 14.1. The number of carbonyl (C=O) groups is 3. The standard InChI is InChI=1S/C20H32O2.C16H24O4.CH4/c1-5-19(3,4)18(21)22-20(6-2)11-14-10-15(20)17-13-8-7-12(9-13)16(14)17;1-4-15(2,3)13(17)20-12-8-10-7-11(12)16(9-10)5-6-19-14(16)18;/h12-17H,5-11H2,1-4H3;10-12H,4-9H2,1-3H3;1H4. The zero-order chi connectivity index (χ0) is 30.2. The first-order valence-electron chi connectivity index (χ1n) is 17.4. The number of ether oxygens (including phenoxy) is 3. The van der Waals surface area contributed by atoms with E-state index in [9.17, 15) is 14.4 Å². The second-order valence-electron chi connectivity index (χ2n) is 16.7. The van der Waals surface area contributed by atoms with Gasteiger partial charge in [0.25, 0.3) is 0 Å². The molecule has 6 bridgehead atoms. The number of hydrogen-bond donors (Lipinski definition) is 0. The lowest BCUT2D eigenvalue weighted by Gasteiger charge is -2.46. The van der Waals surface area contributed by atoms with Crippen LogP contribution in [-0.4, -0.2) is 36.2 Å². The zero-order valence-corrected chi connectivity index (χ0v) is 27.3. The number of hydrogen-bond acceptors (Lipinski definition) is 6. The van der Waals surface area contributed by atoms with Gasteiger partial charge < -0.3 is 14.2 Å². The number of fused-ring (bicyclic) bond motifs is 12. The Hall–Kier alpha value is -1.59. The molecule has 1 spiro atoms. The molecule has 0 aromatic rings. The van der Waals surface area contributed by atoms with E-state index in [4.69, 9.17) is 14.2 Å². The van der Waals surface area contributed by atoms with E-state index in [1.807, 2.05) is 34.6 Å². The molecule has 1 saturated heterocycles. The van der Waals surface area contributed by atoms with E-state index in [1.54, 1.807) is 0 Å². The van der Waals surface area contributed by atoms with Crippen molar-refractivity contribution in [2.75, 3.05) is 6.61 Å². The molecular weight excluding hydrogens is 540 g/mol. The first kappa shape index (κ1) is 32.8. The zero-order valence-electron chi connectivity index (χ0n) is 27.3. The Bertz CT molecular complexity index is 1090. The van der Waals surface area contributed by atoms with Crippen LogP contribution in [0.5, 0.6) is 0 Å². The molecule has 6 saturated carbocycles. The Labute approximate surface area is 261 Å². The second-order valence-corrected chi connectivity index (χ2v) is 16.7. The monoisotopic (exact) mass is 600 g/mol. The van der Waals surface area contributed by atoms with Crippen molar-refractivity contribution in [3.63, 3.8) is 0 Å². The predicted octanol–water partition coefficient (Wildman–Crippen LogP) is 8.15. The molecule has 11 atom stereocenters. The summed E-state index contributed by atoms with van der Waals surface area (Å²) in [5.41, 5.74) is -1.24. The normalized spacial score (nSPS) is 43.2. The second kappa shape index (κ2) is 11.3. The number of cyclic esters (lactones) is 1. The fourth-order valence-electron chi connectivity index (χ4n) is 10.9. The van der Waals surface area contributed by atoms with Gasteiger partial charge in [-0.2, -0.15) is 0 Å². The van der Waals surface area contributed by atoms with Gasteiger partial charge in [0.1, 0.15) is 11.7 Å². The average Bonchev–Trinajstić information content (AvgIpc) is 3.81. The molecule has 43 heavy (non-hydrogen) atoms. The summed E-state index contributed by atoms with van der Waals surface area (Å²) < 4.78 is 17.3. The maximum Gasteiger partial charge on any atom is 0.312 e. The Morgan fingerprint density at radius 1 is 0.837 bits per heavy atom. The van der Waals surface area contributed by atoms with Crippen molar-refractivity contribution in [2.45, 2.75) is 145 Å². The van der Waals surface area contributed by atoms with Crippen molar-refractivity contribution < 1.29 is 28.6 Å². The average molecular weight is 601 g/mol. The van der Waals surface area contributed by atoms with Crippen molar-refractivity contribution in [1.29, 1.82) is 0 Å². The van der Waals surface area contributed by atoms with Crippen molar-refractivity contribution in [2.24, 2.45) is 63.6 Å². The minimum Gasteiger partial charge on any atom is -0.465 e. The van der Waals surface area contributed by atoms with E-state index in [0.717, 1.165) is 81.0 Å². The van der Waals surface area contributed by atoms with Gasteiger partial charge >= 0.3 is 17.9 Å². The molecule has 11 unspecified atom stereocenters. The molecule has 0 N–H and O–H groups in total. The van der Waals surface area contributed by atoms with Gasteiger partial charge in [-0.05, 0) is 140 Å². The first-order chi connectivity index (χ1) is 19.8. The van der Waals surface area contributed by atoms with Gasteiger partial charge in [-0.3, -0.25) is 14.4 Å². The SMILES string of the molecule is C.CCC(C)(C)C(=O)OC1(CC)CC2CC1C1C3CCC(C3)C21.CCC(C)(C)C(=O)OC1CC2CC1C1(CCOC1=O)C2. The summed E-state index contributed by atoms with van der Waals surface area (Å²) in [4.78, 5) is 37.1. The van der Waals surface area contributed by atoms with Crippen LogP contribution in [0, 0.1) is 63.6 Å². The van der Waals surface area contributed by atoms with Gasteiger partial charge in [-0.15, -0.1) is 0 Å². The van der Waals surface area contributed by atoms with Gasteiger partial charge in [0.15, 0.2) is 0 Å². The molecule has 7 fully saturated rings. The Morgan fingerprint density at radius 2 is 1.49 bits per heavy atom. The summed E-state index contributed by atoms with van der Waals surface area (Å²) in [6, 6.07) is 0. The van der Waals surface area contributed by atoms with Crippen LogP contribution in [0.4, 0.5) is 0 Å². The summed E-state index contributed by atoms with van der Waals surface area (Å²) in [5.74, 6) is 5.92. The lowest BCUT2D eigenvalue weighted by molar-refractivity contribution is -0.183. The largest absolute Gasteiger partial charge is 0.465 e. The highest BCUT2D eigenvalue weighted by Gasteiger charge is 2.68. The molecule has 0 radical (unpaired) electrons. The quantitative estimate of drug-likeness (QED) is 0.167. The highest BCUT2D eigenvalue weighted by molar-refractivity contribution is 5.80. The lowest BCUT2D eigenvalue weighted by atomic mass is 9.65. The molecule has 244 valence electrons. The van der Waals surface area contributed by atoms with Crippen LogP contribution < -0.4 is 0 Å². The van der Waals surface area contributed by atoms with Gasteiger partial charge in [-0.1, -0.05) is 28.2 Å². The molecule has 1 aliphatic heterocycles. The van der Waals surface area contributed by atoms with E-state index in [0.29, 0.717) is 18.4 Å². The molecule has 6 heteroatoms. The summed E-state index contributed by atoms with van der Waals surface area (Å²) in [6.45, 7) is 14.8. The van der Waals surface area contributed by atoms with Crippen LogP contribution in [0.3, 0.4) is 0 Å². The molecule has 6 nitrogen and oxygen atoms in total. The maximum atomic E-state index is 12.7.